The molecule has 0 bridgehead atoms. The van der Waals surface area contributed by atoms with Gasteiger partial charge in [-0.3, -0.25) is 4.68 Å². The second-order valence-electron chi connectivity index (χ2n) is 4.55. The van der Waals surface area contributed by atoms with E-state index < -0.39 is 0 Å². The SMILES string of the molecule is CCOc1ccc(C(C)NCc2ccnn2C)cc1. The largest absolute Gasteiger partial charge is 0.494 e. The maximum absolute atomic E-state index is 5.44. The van der Waals surface area contributed by atoms with Gasteiger partial charge in [-0.2, -0.15) is 5.10 Å². The second kappa shape index (κ2) is 6.38. The van der Waals surface area contributed by atoms with E-state index in [0.29, 0.717) is 12.6 Å². The first-order chi connectivity index (χ1) is 9.20. The molecule has 19 heavy (non-hydrogen) atoms. The topological polar surface area (TPSA) is 39.1 Å². The highest BCUT2D eigenvalue weighted by Crippen LogP contribution is 2.17. The summed E-state index contributed by atoms with van der Waals surface area (Å²) in [5, 5.41) is 7.65. The van der Waals surface area contributed by atoms with Crippen LogP contribution in [-0.4, -0.2) is 16.4 Å². The minimum Gasteiger partial charge on any atom is -0.494 e. The van der Waals surface area contributed by atoms with Gasteiger partial charge in [-0.1, -0.05) is 12.1 Å². The fourth-order valence-corrected chi connectivity index (χ4v) is 1.97. The Kier molecular flexibility index (Phi) is 4.58. The number of aromatic nitrogens is 2. The van der Waals surface area contributed by atoms with Gasteiger partial charge in [0.1, 0.15) is 5.75 Å². The summed E-state index contributed by atoms with van der Waals surface area (Å²) in [6, 6.07) is 10.6. The molecule has 0 saturated heterocycles. The number of rotatable bonds is 6. The Morgan fingerprint density at radius 3 is 2.58 bits per heavy atom. The summed E-state index contributed by atoms with van der Waals surface area (Å²) >= 11 is 0. The molecule has 4 nitrogen and oxygen atoms in total. The molecule has 2 aromatic rings. The van der Waals surface area contributed by atoms with Gasteiger partial charge in [0.25, 0.3) is 0 Å². The van der Waals surface area contributed by atoms with Crippen LogP contribution in [0.25, 0.3) is 0 Å². The molecule has 1 heterocycles. The predicted molar refractivity (Wildman–Crippen MR) is 76.1 cm³/mol. The monoisotopic (exact) mass is 259 g/mol. The first-order valence-corrected chi connectivity index (χ1v) is 6.63. The summed E-state index contributed by atoms with van der Waals surface area (Å²) in [6.45, 7) is 5.66. The zero-order valence-electron chi connectivity index (χ0n) is 11.8. The molecule has 0 spiro atoms. The lowest BCUT2D eigenvalue weighted by atomic mass is 10.1. The molecular formula is C15H21N3O. The van der Waals surface area contributed by atoms with Crippen molar-refractivity contribution in [3.05, 3.63) is 47.8 Å². The Hall–Kier alpha value is -1.81. The van der Waals surface area contributed by atoms with Crippen molar-refractivity contribution in [2.75, 3.05) is 6.61 Å². The van der Waals surface area contributed by atoms with Crippen LogP contribution in [0.5, 0.6) is 5.75 Å². The summed E-state index contributed by atoms with van der Waals surface area (Å²) in [5.74, 6) is 0.921. The van der Waals surface area contributed by atoms with Crippen molar-refractivity contribution in [2.45, 2.75) is 26.4 Å². The minimum atomic E-state index is 0.297. The summed E-state index contributed by atoms with van der Waals surface area (Å²) in [7, 11) is 1.96. The number of hydrogen-bond acceptors (Lipinski definition) is 3. The molecule has 4 heteroatoms. The molecule has 1 atom stereocenters. The zero-order chi connectivity index (χ0) is 13.7. The Balaban J connectivity index is 1.92. The van der Waals surface area contributed by atoms with Gasteiger partial charge in [-0.25, -0.2) is 0 Å². The van der Waals surface area contributed by atoms with Gasteiger partial charge in [-0.15, -0.1) is 0 Å². The van der Waals surface area contributed by atoms with Crippen LogP contribution in [0.1, 0.15) is 31.1 Å². The van der Waals surface area contributed by atoms with E-state index >= 15 is 0 Å². The Labute approximate surface area is 114 Å². The van der Waals surface area contributed by atoms with Gasteiger partial charge in [0.2, 0.25) is 0 Å². The summed E-state index contributed by atoms with van der Waals surface area (Å²) < 4.78 is 7.33. The summed E-state index contributed by atoms with van der Waals surface area (Å²) in [5.41, 5.74) is 2.43. The first kappa shape index (κ1) is 13.6. The summed E-state index contributed by atoms with van der Waals surface area (Å²) in [6.07, 6.45) is 1.82. The lowest BCUT2D eigenvalue weighted by Gasteiger charge is -2.15. The van der Waals surface area contributed by atoms with E-state index in [1.165, 1.54) is 11.3 Å². The predicted octanol–water partition coefficient (Wildman–Crippen LogP) is 2.67. The molecule has 1 aromatic carbocycles. The van der Waals surface area contributed by atoms with E-state index in [1.54, 1.807) is 0 Å². The van der Waals surface area contributed by atoms with E-state index in [1.807, 2.05) is 43.0 Å². The Morgan fingerprint density at radius 1 is 1.26 bits per heavy atom. The first-order valence-electron chi connectivity index (χ1n) is 6.63. The lowest BCUT2D eigenvalue weighted by Crippen LogP contribution is -2.19. The third-order valence-electron chi connectivity index (χ3n) is 3.20. The molecule has 0 aliphatic carbocycles. The van der Waals surface area contributed by atoms with Gasteiger partial charge in [0.05, 0.1) is 12.3 Å². The number of nitrogens with zero attached hydrogens (tertiary/aromatic N) is 2. The second-order valence-corrected chi connectivity index (χ2v) is 4.55. The van der Waals surface area contributed by atoms with Crippen LogP contribution in [-0.2, 0) is 13.6 Å². The number of nitrogens with one attached hydrogen (secondary N) is 1. The standard InChI is InChI=1S/C15H21N3O/c1-4-19-15-7-5-13(6-8-15)12(2)16-11-14-9-10-17-18(14)3/h5-10,12,16H,4,11H2,1-3H3. The molecule has 0 aliphatic rings. The fraction of sp³-hybridized carbons (Fsp3) is 0.400. The molecule has 0 radical (unpaired) electrons. The van der Waals surface area contributed by atoms with Crippen molar-refractivity contribution >= 4 is 0 Å². The summed E-state index contributed by atoms with van der Waals surface area (Å²) in [4.78, 5) is 0. The lowest BCUT2D eigenvalue weighted by molar-refractivity contribution is 0.340. The highest BCUT2D eigenvalue weighted by molar-refractivity contribution is 5.28. The van der Waals surface area contributed by atoms with Crippen LogP contribution in [0, 0.1) is 0 Å². The quantitative estimate of drug-likeness (QED) is 0.867. The molecule has 1 N–H and O–H groups in total. The smallest absolute Gasteiger partial charge is 0.119 e. The zero-order valence-corrected chi connectivity index (χ0v) is 11.8. The minimum absolute atomic E-state index is 0.297. The van der Waals surface area contributed by atoms with Gasteiger partial charge >= 0.3 is 0 Å². The van der Waals surface area contributed by atoms with Crippen molar-refractivity contribution in [2.24, 2.45) is 7.05 Å². The average Bonchev–Trinajstić information content (AvgIpc) is 2.83. The number of aryl methyl sites for hydroxylation is 1. The molecule has 1 aromatic heterocycles. The van der Waals surface area contributed by atoms with Crippen LogP contribution < -0.4 is 10.1 Å². The van der Waals surface area contributed by atoms with Crippen molar-refractivity contribution in [3.8, 4) is 5.75 Å². The molecule has 2 rings (SSSR count). The van der Waals surface area contributed by atoms with Crippen molar-refractivity contribution in [1.29, 1.82) is 0 Å². The van der Waals surface area contributed by atoms with Crippen molar-refractivity contribution in [1.82, 2.24) is 15.1 Å². The Morgan fingerprint density at radius 2 is 2.00 bits per heavy atom. The van der Waals surface area contributed by atoms with Gasteiger partial charge in [0, 0.05) is 25.8 Å². The molecule has 1 unspecified atom stereocenters. The van der Waals surface area contributed by atoms with Gasteiger partial charge in [-0.05, 0) is 37.6 Å². The van der Waals surface area contributed by atoms with Crippen molar-refractivity contribution < 1.29 is 4.74 Å². The van der Waals surface area contributed by atoms with E-state index in [4.69, 9.17) is 4.74 Å². The molecule has 0 aliphatic heterocycles. The maximum Gasteiger partial charge on any atom is 0.119 e. The molecule has 0 fully saturated rings. The third-order valence-corrected chi connectivity index (χ3v) is 3.20. The van der Waals surface area contributed by atoms with Crippen LogP contribution in [0.4, 0.5) is 0 Å². The van der Waals surface area contributed by atoms with Crippen LogP contribution in [0.3, 0.4) is 0 Å². The van der Waals surface area contributed by atoms with Gasteiger partial charge < -0.3 is 10.1 Å². The van der Waals surface area contributed by atoms with E-state index in [9.17, 15) is 0 Å². The third kappa shape index (κ3) is 3.58. The molecule has 102 valence electrons. The number of ether oxygens (including phenoxy) is 1. The molecule has 0 amide bonds. The number of hydrogen-bond donors (Lipinski definition) is 1. The van der Waals surface area contributed by atoms with Crippen molar-refractivity contribution in [3.63, 3.8) is 0 Å². The van der Waals surface area contributed by atoms with Gasteiger partial charge in [0.15, 0.2) is 0 Å². The molecular weight excluding hydrogens is 238 g/mol. The fourth-order valence-electron chi connectivity index (χ4n) is 1.97. The van der Waals surface area contributed by atoms with E-state index in [0.717, 1.165) is 12.3 Å². The normalized spacial score (nSPS) is 12.4. The van der Waals surface area contributed by atoms with Crippen LogP contribution in [0.15, 0.2) is 36.5 Å². The van der Waals surface area contributed by atoms with Crippen LogP contribution >= 0.6 is 0 Å². The maximum atomic E-state index is 5.44. The average molecular weight is 259 g/mol. The highest BCUT2D eigenvalue weighted by atomic mass is 16.5. The Bertz CT molecular complexity index is 504. The number of benzene rings is 1. The molecule has 0 saturated carbocycles. The van der Waals surface area contributed by atoms with E-state index in [2.05, 4.69) is 29.5 Å². The highest BCUT2D eigenvalue weighted by Gasteiger charge is 2.06. The van der Waals surface area contributed by atoms with Crippen LogP contribution in [0.2, 0.25) is 0 Å². The van der Waals surface area contributed by atoms with E-state index in [-0.39, 0.29) is 0 Å².